The van der Waals surface area contributed by atoms with Crippen molar-refractivity contribution in [2.45, 2.75) is 86.5 Å². The first-order valence-electron chi connectivity index (χ1n) is 16.8. The maximum Gasteiger partial charge on any atom is 0.311 e. The molecule has 1 unspecified atom stereocenters. The molecule has 1 saturated carbocycles. The lowest BCUT2D eigenvalue weighted by Crippen LogP contribution is -2.33. The molecule has 238 valence electrons. The van der Waals surface area contributed by atoms with E-state index in [1.165, 1.54) is 49.5 Å². The summed E-state index contributed by atoms with van der Waals surface area (Å²) in [5, 5.41) is 1.25. The number of rotatable bonds is 13. The highest BCUT2D eigenvalue weighted by atomic mass is 32.1. The molecule has 0 spiro atoms. The summed E-state index contributed by atoms with van der Waals surface area (Å²) in [7, 11) is 7.69. The fourth-order valence-corrected chi connectivity index (χ4v) is 7.38. The van der Waals surface area contributed by atoms with Gasteiger partial charge in [-0.25, -0.2) is 0 Å². The highest BCUT2D eigenvalue weighted by Crippen LogP contribution is 2.52. The number of hydrogen-bond donors (Lipinski definition) is 0. The first kappa shape index (κ1) is 34.6. The van der Waals surface area contributed by atoms with E-state index in [1.807, 2.05) is 32.1 Å². The molecule has 5 rings (SSSR count). The van der Waals surface area contributed by atoms with Gasteiger partial charge < -0.3 is 14.4 Å². The van der Waals surface area contributed by atoms with Crippen LogP contribution in [-0.4, -0.2) is 40.6 Å². The number of carbonyl (C=O) groups is 1. The molecule has 3 aromatic rings. The number of carbonyl (C=O) groups excluding carboxylic acids is 1. The summed E-state index contributed by atoms with van der Waals surface area (Å²) in [5.74, 6) is 0.768. The largest absolute Gasteiger partial charge is 0.495 e. The van der Waals surface area contributed by atoms with Crippen LogP contribution in [0.1, 0.15) is 84.2 Å². The topological polar surface area (TPSA) is 42.6 Å². The van der Waals surface area contributed by atoms with Crippen LogP contribution in [0.15, 0.2) is 71.0 Å². The minimum absolute atomic E-state index is 0.201. The normalized spacial score (nSPS) is 16.5. The number of thiazole rings is 1. The van der Waals surface area contributed by atoms with Gasteiger partial charge in [-0.2, -0.15) is 4.57 Å². The van der Waals surface area contributed by atoms with Crippen molar-refractivity contribution in [2.75, 3.05) is 31.7 Å². The van der Waals surface area contributed by atoms with E-state index in [0.29, 0.717) is 19.5 Å². The van der Waals surface area contributed by atoms with Gasteiger partial charge in [-0.15, -0.1) is 0 Å². The Bertz CT molecular complexity index is 1560. The van der Waals surface area contributed by atoms with Crippen molar-refractivity contribution in [1.29, 1.82) is 0 Å². The van der Waals surface area contributed by atoms with Gasteiger partial charge in [-0.05, 0) is 75.8 Å². The van der Waals surface area contributed by atoms with Gasteiger partial charge in [-0.3, -0.25) is 4.79 Å². The number of esters is 1. The summed E-state index contributed by atoms with van der Waals surface area (Å²) in [6.45, 7) is 15.0. The average molecular weight is 626 g/mol. The number of hydrogen-bond acceptors (Lipinski definition) is 5. The highest BCUT2D eigenvalue weighted by Gasteiger charge is 2.37. The molecular weight excluding hydrogens is 575 g/mol. The number of likely N-dealkylation sites (N-methyl/N-ethyl adjacent to an activating group) is 1. The molecule has 1 aromatic heterocycles. The number of ether oxygens (including phenoxy) is 2. The van der Waals surface area contributed by atoms with Crippen molar-refractivity contribution in [1.82, 2.24) is 0 Å². The number of nitrogens with zero attached hydrogens (tertiary/aromatic N) is 2. The van der Waals surface area contributed by atoms with Crippen molar-refractivity contribution in [3.05, 3.63) is 81.6 Å². The SMILES string of the molecule is CC.[B]CC(C)(CCC)C(=O)OCCN(CC)c1ccc(C2=C(OC)/C(=C\c3sc4ccccc4[n+]3CC)C2=C2CCC2)cc1. The molecule has 0 bridgehead atoms. The summed E-state index contributed by atoms with van der Waals surface area (Å²) >= 11 is 1.84. The van der Waals surface area contributed by atoms with Gasteiger partial charge in [0.05, 0.1) is 26.9 Å². The molecule has 2 aromatic carbocycles. The third-order valence-electron chi connectivity index (χ3n) is 8.97. The third kappa shape index (κ3) is 7.09. The maximum atomic E-state index is 12.7. The zero-order valence-electron chi connectivity index (χ0n) is 28.4. The minimum Gasteiger partial charge on any atom is -0.495 e. The van der Waals surface area contributed by atoms with Crippen molar-refractivity contribution < 1.29 is 18.8 Å². The standard InChI is InChI=1S/C36H44BN2O3S.C2H6/c1-6-20-36(4,24-37)35(40)42-22-21-38(7-2)27-18-16-26(17-19-27)33-32(25-12-11-13-25)28(34(33)41-5)23-31-39(8-3)29-14-9-10-15-30(29)43-31;1-2/h9-10,14-19,23H,6-8,11-13,20-22,24H2,1-5H3;1-2H3/q+1;. The van der Waals surface area contributed by atoms with E-state index in [4.69, 9.17) is 17.3 Å². The molecule has 1 heterocycles. The fraction of sp³-hybridized carbons (Fsp3) is 0.474. The molecular formula is C38H50BN2O3S+. The quantitative estimate of drug-likeness (QED) is 0.108. The van der Waals surface area contributed by atoms with Crippen molar-refractivity contribution >= 4 is 52.7 Å². The second-order valence-electron chi connectivity index (χ2n) is 11.7. The van der Waals surface area contributed by atoms with Crippen molar-refractivity contribution in [2.24, 2.45) is 5.41 Å². The molecule has 0 aliphatic heterocycles. The van der Waals surface area contributed by atoms with Gasteiger partial charge in [-0.1, -0.05) is 74.7 Å². The van der Waals surface area contributed by atoms with Crippen LogP contribution in [0.3, 0.4) is 0 Å². The van der Waals surface area contributed by atoms with E-state index >= 15 is 0 Å². The smallest absolute Gasteiger partial charge is 0.311 e. The lowest BCUT2D eigenvalue weighted by molar-refractivity contribution is -0.665. The third-order valence-corrected chi connectivity index (χ3v) is 10.1. The molecule has 2 aliphatic carbocycles. The summed E-state index contributed by atoms with van der Waals surface area (Å²) in [6.07, 6.45) is 7.81. The fourth-order valence-electron chi connectivity index (χ4n) is 6.21. The number of para-hydroxylation sites is 1. The Kier molecular flexibility index (Phi) is 12.1. The predicted octanol–water partition coefficient (Wildman–Crippen LogP) is 8.93. The van der Waals surface area contributed by atoms with Gasteiger partial charge in [0.1, 0.15) is 23.6 Å². The molecule has 45 heavy (non-hydrogen) atoms. The van der Waals surface area contributed by atoms with E-state index in [9.17, 15) is 4.79 Å². The summed E-state index contributed by atoms with van der Waals surface area (Å²) < 4.78 is 15.4. The van der Waals surface area contributed by atoms with Crippen LogP contribution in [0.25, 0.3) is 21.9 Å². The first-order chi connectivity index (χ1) is 21.9. The van der Waals surface area contributed by atoms with Gasteiger partial charge in [0.2, 0.25) is 5.52 Å². The summed E-state index contributed by atoms with van der Waals surface area (Å²) in [4.78, 5) is 14.9. The van der Waals surface area contributed by atoms with E-state index < -0.39 is 5.41 Å². The second kappa shape index (κ2) is 15.8. The van der Waals surface area contributed by atoms with Crippen LogP contribution in [0, 0.1) is 5.41 Å². The lowest BCUT2D eigenvalue weighted by Gasteiger charge is -2.35. The van der Waals surface area contributed by atoms with Crippen LogP contribution in [-0.2, 0) is 20.8 Å². The number of allylic oxidation sites excluding steroid dienone is 3. The number of fused-ring (bicyclic) bond motifs is 1. The Labute approximate surface area is 276 Å². The van der Waals surface area contributed by atoms with Crippen LogP contribution in [0.5, 0.6) is 0 Å². The Balaban J connectivity index is 0.00000226. The van der Waals surface area contributed by atoms with E-state index in [2.05, 4.69) is 84.8 Å². The van der Waals surface area contributed by atoms with Crippen LogP contribution in [0.4, 0.5) is 5.69 Å². The molecule has 2 aliphatic rings. The predicted molar refractivity (Wildman–Crippen MR) is 191 cm³/mol. The van der Waals surface area contributed by atoms with Crippen LogP contribution >= 0.6 is 11.3 Å². The molecule has 1 fully saturated rings. The molecule has 0 amide bonds. The Morgan fingerprint density at radius 2 is 1.78 bits per heavy atom. The van der Waals surface area contributed by atoms with Crippen molar-refractivity contribution in [3.63, 3.8) is 0 Å². The number of aromatic nitrogens is 1. The Morgan fingerprint density at radius 3 is 2.36 bits per heavy atom. The maximum absolute atomic E-state index is 12.7. The molecule has 5 nitrogen and oxygen atoms in total. The van der Waals surface area contributed by atoms with Gasteiger partial charge in [0, 0.05) is 35.5 Å². The molecule has 0 N–H and O–H groups in total. The summed E-state index contributed by atoms with van der Waals surface area (Å²) in [6, 6.07) is 17.4. The van der Waals surface area contributed by atoms with E-state index in [-0.39, 0.29) is 5.97 Å². The summed E-state index contributed by atoms with van der Waals surface area (Å²) in [5.41, 5.74) is 8.28. The molecule has 0 saturated heterocycles. The molecule has 2 radical (unpaired) electrons. The Hall–Kier alpha value is -3.32. The molecule has 7 heteroatoms. The van der Waals surface area contributed by atoms with Gasteiger partial charge >= 0.3 is 5.97 Å². The minimum atomic E-state index is -0.614. The number of benzene rings is 2. The monoisotopic (exact) mass is 625 g/mol. The zero-order valence-corrected chi connectivity index (χ0v) is 29.2. The average Bonchev–Trinajstić information content (AvgIpc) is 3.41. The van der Waals surface area contributed by atoms with Crippen LogP contribution in [0.2, 0.25) is 6.32 Å². The lowest BCUT2D eigenvalue weighted by atomic mass is 9.72. The van der Waals surface area contributed by atoms with Gasteiger partial charge in [0.15, 0.2) is 0 Å². The number of aryl methyl sites for hydroxylation is 1. The highest BCUT2D eigenvalue weighted by molar-refractivity contribution is 7.18. The van der Waals surface area contributed by atoms with Crippen molar-refractivity contribution in [3.8, 4) is 0 Å². The first-order valence-corrected chi connectivity index (χ1v) is 17.6. The van der Waals surface area contributed by atoms with Gasteiger partial charge in [0.25, 0.3) is 5.01 Å². The second-order valence-corrected chi connectivity index (χ2v) is 12.8. The molecule has 1 atom stereocenters. The van der Waals surface area contributed by atoms with E-state index in [0.717, 1.165) is 50.2 Å². The number of methoxy groups -OCH3 is 1. The van der Waals surface area contributed by atoms with E-state index in [1.54, 1.807) is 7.11 Å². The number of anilines is 1. The van der Waals surface area contributed by atoms with Crippen LogP contribution < -0.4 is 9.47 Å². The Morgan fingerprint density at radius 1 is 1.07 bits per heavy atom. The zero-order chi connectivity index (χ0) is 32.6.